The third-order valence-electron chi connectivity index (χ3n) is 4.10. The first-order chi connectivity index (χ1) is 8.22. The van der Waals surface area contributed by atoms with E-state index >= 15 is 0 Å². The lowest BCUT2D eigenvalue weighted by atomic mass is 9.93. The van der Waals surface area contributed by atoms with Gasteiger partial charge >= 0.3 is 0 Å². The van der Waals surface area contributed by atoms with Crippen molar-refractivity contribution in [1.82, 2.24) is 10.6 Å². The Morgan fingerprint density at radius 2 is 2.35 bits per heavy atom. The largest absolute Gasteiger partial charge is 0.354 e. The van der Waals surface area contributed by atoms with Gasteiger partial charge in [-0.2, -0.15) is 11.8 Å². The topological polar surface area (TPSA) is 41.1 Å². The number of hydrogen-bond donors (Lipinski definition) is 2. The van der Waals surface area contributed by atoms with Gasteiger partial charge in [0.05, 0.1) is 6.04 Å². The third-order valence-corrected chi connectivity index (χ3v) is 5.01. The molecule has 0 aromatic carbocycles. The standard InChI is InChI=1S/C13H24N2OS/c1-9(8-17-2)6-15-13(16)12-11-5-3-4-10(11)7-14-12/h9-12,14H,3-8H2,1-2H3,(H,15,16). The van der Waals surface area contributed by atoms with E-state index in [9.17, 15) is 4.79 Å². The van der Waals surface area contributed by atoms with Crippen molar-refractivity contribution in [2.45, 2.75) is 32.2 Å². The lowest BCUT2D eigenvalue weighted by molar-refractivity contribution is -0.123. The average molecular weight is 256 g/mol. The van der Waals surface area contributed by atoms with Crippen molar-refractivity contribution in [3.05, 3.63) is 0 Å². The summed E-state index contributed by atoms with van der Waals surface area (Å²) in [7, 11) is 0. The second-order valence-corrected chi connectivity index (χ2v) is 6.46. The molecule has 4 atom stereocenters. The van der Waals surface area contributed by atoms with E-state index < -0.39 is 0 Å². The summed E-state index contributed by atoms with van der Waals surface area (Å²) in [5, 5.41) is 6.50. The van der Waals surface area contributed by atoms with Gasteiger partial charge in [0.1, 0.15) is 0 Å². The Hall–Kier alpha value is -0.220. The van der Waals surface area contributed by atoms with Gasteiger partial charge in [0.25, 0.3) is 0 Å². The molecule has 2 fully saturated rings. The van der Waals surface area contributed by atoms with Gasteiger partial charge in [-0.15, -0.1) is 0 Å². The van der Waals surface area contributed by atoms with Crippen LogP contribution in [0.25, 0.3) is 0 Å². The van der Waals surface area contributed by atoms with Crippen LogP contribution in [0.4, 0.5) is 0 Å². The van der Waals surface area contributed by atoms with Crippen LogP contribution in [0.5, 0.6) is 0 Å². The fraction of sp³-hybridized carbons (Fsp3) is 0.923. The highest BCUT2D eigenvalue weighted by Gasteiger charge is 2.42. The smallest absolute Gasteiger partial charge is 0.237 e. The maximum atomic E-state index is 12.1. The molecule has 4 heteroatoms. The van der Waals surface area contributed by atoms with Gasteiger partial charge in [0.2, 0.25) is 5.91 Å². The highest BCUT2D eigenvalue weighted by Crippen LogP contribution is 2.37. The molecule has 0 aromatic heterocycles. The molecular formula is C13H24N2OS. The van der Waals surface area contributed by atoms with Gasteiger partial charge in [0.15, 0.2) is 0 Å². The monoisotopic (exact) mass is 256 g/mol. The van der Waals surface area contributed by atoms with Crippen LogP contribution in [0.15, 0.2) is 0 Å². The lowest BCUT2D eigenvalue weighted by Gasteiger charge is -2.19. The van der Waals surface area contributed by atoms with Gasteiger partial charge in [0, 0.05) is 6.54 Å². The molecule has 0 bridgehead atoms. The molecule has 1 saturated heterocycles. The SMILES string of the molecule is CSCC(C)CNC(=O)C1NCC2CCCC21. The number of nitrogens with one attached hydrogen (secondary N) is 2. The first-order valence-corrected chi connectivity index (χ1v) is 8.11. The summed E-state index contributed by atoms with van der Waals surface area (Å²) in [4.78, 5) is 12.1. The number of hydrogen-bond acceptors (Lipinski definition) is 3. The summed E-state index contributed by atoms with van der Waals surface area (Å²) in [5.74, 6) is 3.27. The van der Waals surface area contributed by atoms with Crippen LogP contribution in [-0.2, 0) is 4.79 Å². The Kier molecular flexibility index (Phi) is 4.74. The highest BCUT2D eigenvalue weighted by atomic mass is 32.2. The summed E-state index contributed by atoms with van der Waals surface area (Å²) in [5.41, 5.74) is 0. The fourth-order valence-corrected chi connectivity index (χ4v) is 3.89. The van der Waals surface area contributed by atoms with E-state index in [0.29, 0.717) is 11.8 Å². The summed E-state index contributed by atoms with van der Waals surface area (Å²) in [6.07, 6.45) is 5.96. The molecule has 0 radical (unpaired) electrons. The normalized spacial score (nSPS) is 33.4. The number of carbonyl (C=O) groups is 1. The van der Waals surface area contributed by atoms with E-state index in [4.69, 9.17) is 0 Å². The highest BCUT2D eigenvalue weighted by molar-refractivity contribution is 7.98. The Bertz CT molecular complexity index is 272. The molecule has 0 aromatic rings. The molecule has 98 valence electrons. The van der Waals surface area contributed by atoms with E-state index in [0.717, 1.165) is 24.8 Å². The van der Waals surface area contributed by atoms with Crippen LogP contribution in [0, 0.1) is 17.8 Å². The van der Waals surface area contributed by atoms with E-state index in [1.54, 1.807) is 0 Å². The number of thioether (sulfide) groups is 1. The van der Waals surface area contributed by atoms with Crippen molar-refractivity contribution in [3.8, 4) is 0 Å². The van der Waals surface area contributed by atoms with Crippen molar-refractivity contribution in [2.75, 3.05) is 25.1 Å². The summed E-state index contributed by atoms with van der Waals surface area (Å²) in [6.45, 7) is 4.05. The maximum Gasteiger partial charge on any atom is 0.237 e. The van der Waals surface area contributed by atoms with Gasteiger partial charge in [-0.3, -0.25) is 4.79 Å². The molecule has 3 nitrogen and oxygen atoms in total. The predicted molar refractivity (Wildman–Crippen MR) is 73.2 cm³/mol. The molecule has 4 unspecified atom stereocenters. The van der Waals surface area contributed by atoms with Crippen molar-refractivity contribution >= 4 is 17.7 Å². The molecule has 1 aliphatic carbocycles. The minimum absolute atomic E-state index is 0.0870. The van der Waals surface area contributed by atoms with Crippen LogP contribution >= 0.6 is 11.8 Å². The molecule has 2 aliphatic rings. The Balaban J connectivity index is 1.76. The van der Waals surface area contributed by atoms with Crippen molar-refractivity contribution in [3.63, 3.8) is 0 Å². The van der Waals surface area contributed by atoms with Crippen molar-refractivity contribution in [2.24, 2.45) is 17.8 Å². The molecular weight excluding hydrogens is 232 g/mol. The van der Waals surface area contributed by atoms with E-state index in [2.05, 4.69) is 23.8 Å². The van der Waals surface area contributed by atoms with E-state index in [1.807, 2.05) is 11.8 Å². The zero-order valence-corrected chi connectivity index (χ0v) is 11.7. The number of carbonyl (C=O) groups excluding carboxylic acids is 1. The van der Waals surface area contributed by atoms with Crippen molar-refractivity contribution < 1.29 is 4.79 Å². The molecule has 2 N–H and O–H groups in total. The second kappa shape index (κ2) is 6.10. The van der Waals surface area contributed by atoms with Crippen LogP contribution < -0.4 is 10.6 Å². The summed E-state index contributed by atoms with van der Waals surface area (Å²) >= 11 is 1.84. The molecule has 2 rings (SSSR count). The zero-order valence-electron chi connectivity index (χ0n) is 10.9. The van der Waals surface area contributed by atoms with E-state index in [1.165, 1.54) is 19.3 Å². The Morgan fingerprint density at radius 1 is 1.53 bits per heavy atom. The Morgan fingerprint density at radius 3 is 3.12 bits per heavy atom. The average Bonchev–Trinajstić information content (AvgIpc) is 2.87. The van der Waals surface area contributed by atoms with Crippen LogP contribution in [-0.4, -0.2) is 37.0 Å². The molecule has 1 saturated carbocycles. The predicted octanol–water partition coefficient (Wildman–Crippen LogP) is 1.49. The van der Waals surface area contributed by atoms with Crippen LogP contribution in [0.2, 0.25) is 0 Å². The minimum atomic E-state index is 0.0870. The van der Waals surface area contributed by atoms with E-state index in [-0.39, 0.29) is 11.9 Å². The number of rotatable bonds is 5. The zero-order chi connectivity index (χ0) is 12.3. The summed E-state index contributed by atoms with van der Waals surface area (Å²) in [6, 6.07) is 0.0870. The fourth-order valence-electron chi connectivity index (χ4n) is 3.20. The quantitative estimate of drug-likeness (QED) is 0.783. The van der Waals surface area contributed by atoms with Crippen LogP contribution in [0.3, 0.4) is 0 Å². The maximum absolute atomic E-state index is 12.1. The first-order valence-electron chi connectivity index (χ1n) is 6.72. The molecule has 17 heavy (non-hydrogen) atoms. The number of amides is 1. The van der Waals surface area contributed by atoms with Gasteiger partial charge < -0.3 is 10.6 Å². The lowest BCUT2D eigenvalue weighted by Crippen LogP contribution is -2.45. The molecule has 1 heterocycles. The first kappa shape index (κ1) is 13.2. The minimum Gasteiger partial charge on any atom is -0.354 e. The van der Waals surface area contributed by atoms with Gasteiger partial charge in [-0.05, 0) is 49.1 Å². The van der Waals surface area contributed by atoms with Gasteiger partial charge in [-0.25, -0.2) is 0 Å². The number of fused-ring (bicyclic) bond motifs is 1. The third kappa shape index (κ3) is 3.16. The van der Waals surface area contributed by atoms with Crippen molar-refractivity contribution in [1.29, 1.82) is 0 Å². The van der Waals surface area contributed by atoms with Gasteiger partial charge in [-0.1, -0.05) is 13.3 Å². The van der Waals surface area contributed by atoms with Crippen LogP contribution in [0.1, 0.15) is 26.2 Å². The molecule has 1 amide bonds. The molecule has 1 aliphatic heterocycles. The Labute approximate surface area is 108 Å². The second-order valence-electron chi connectivity index (χ2n) is 5.55. The summed E-state index contributed by atoms with van der Waals surface area (Å²) < 4.78 is 0. The molecule has 0 spiro atoms.